The predicted molar refractivity (Wildman–Crippen MR) is 83.8 cm³/mol. The van der Waals surface area contributed by atoms with Crippen LogP contribution in [-0.4, -0.2) is 17.6 Å². The van der Waals surface area contributed by atoms with E-state index in [9.17, 15) is 18.7 Å². The molecule has 0 saturated carbocycles. The van der Waals surface area contributed by atoms with Crippen LogP contribution in [-0.2, 0) is 4.79 Å². The van der Waals surface area contributed by atoms with Crippen molar-refractivity contribution < 1.29 is 18.7 Å². The lowest BCUT2D eigenvalue weighted by Crippen LogP contribution is -2.31. The molecule has 2 aromatic carbocycles. The van der Waals surface area contributed by atoms with Gasteiger partial charge in [-0.2, -0.15) is 0 Å². The zero-order valence-electron chi connectivity index (χ0n) is 12.8. The number of amides is 1. The van der Waals surface area contributed by atoms with Gasteiger partial charge in [-0.25, -0.2) is 8.78 Å². The maximum absolute atomic E-state index is 13.7. The first kappa shape index (κ1) is 17.1. The van der Waals surface area contributed by atoms with E-state index < -0.39 is 23.6 Å². The number of hydrogen-bond donors (Lipinski definition) is 2. The standard InChI is InChI=1S/C18H19F2NO2/c1-12(15-8-7-14(19)10-16(15)20)9-18(23)21-17(11-22)13-5-3-2-4-6-13/h2-8,10,12,17,22H,9,11H2,1H3,(H,21,23). The molecule has 1 amide bonds. The minimum Gasteiger partial charge on any atom is -0.394 e. The molecule has 0 aliphatic carbocycles. The van der Waals surface area contributed by atoms with Crippen LogP contribution in [0.5, 0.6) is 0 Å². The van der Waals surface area contributed by atoms with Gasteiger partial charge in [-0.1, -0.05) is 43.3 Å². The Labute approximate surface area is 134 Å². The third-order valence-corrected chi connectivity index (χ3v) is 3.70. The van der Waals surface area contributed by atoms with Crippen LogP contribution in [0, 0.1) is 11.6 Å². The first-order chi connectivity index (χ1) is 11.0. The average molecular weight is 319 g/mol. The number of aliphatic hydroxyl groups is 1. The molecule has 122 valence electrons. The van der Waals surface area contributed by atoms with Gasteiger partial charge in [-0.15, -0.1) is 0 Å². The molecule has 2 rings (SSSR count). The number of aliphatic hydroxyl groups excluding tert-OH is 1. The molecule has 3 nitrogen and oxygen atoms in total. The quantitative estimate of drug-likeness (QED) is 0.858. The summed E-state index contributed by atoms with van der Waals surface area (Å²) in [4.78, 5) is 12.1. The van der Waals surface area contributed by atoms with Crippen LogP contribution < -0.4 is 5.32 Å². The van der Waals surface area contributed by atoms with Crippen LogP contribution in [0.1, 0.15) is 36.4 Å². The zero-order valence-corrected chi connectivity index (χ0v) is 12.8. The highest BCUT2D eigenvalue weighted by Gasteiger charge is 2.18. The van der Waals surface area contributed by atoms with Gasteiger partial charge in [0.1, 0.15) is 11.6 Å². The minimum absolute atomic E-state index is 0.0475. The summed E-state index contributed by atoms with van der Waals surface area (Å²) in [5, 5.41) is 12.2. The van der Waals surface area contributed by atoms with Crippen LogP contribution in [0.15, 0.2) is 48.5 Å². The van der Waals surface area contributed by atoms with Crippen molar-refractivity contribution in [2.24, 2.45) is 0 Å². The van der Waals surface area contributed by atoms with Crippen molar-refractivity contribution in [3.63, 3.8) is 0 Å². The van der Waals surface area contributed by atoms with E-state index >= 15 is 0 Å². The minimum atomic E-state index is -0.660. The molecule has 0 saturated heterocycles. The smallest absolute Gasteiger partial charge is 0.221 e. The second kappa shape index (κ2) is 7.83. The molecule has 0 aliphatic heterocycles. The maximum Gasteiger partial charge on any atom is 0.221 e. The SMILES string of the molecule is CC(CC(=O)NC(CO)c1ccccc1)c1ccc(F)cc1F. The number of rotatable bonds is 6. The summed E-state index contributed by atoms with van der Waals surface area (Å²) >= 11 is 0. The van der Waals surface area contributed by atoms with E-state index in [1.807, 2.05) is 30.3 Å². The maximum atomic E-state index is 13.7. The lowest BCUT2D eigenvalue weighted by atomic mass is 9.96. The molecule has 0 heterocycles. The average Bonchev–Trinajstić information content (AvgIpc) is 2.53. The van der Waals surface area contributed by atoms with Crippen LogP contribution in [0.4, 0.5) is 8.78 Å². The van der Waals surface area contributed by atoms with Gasteiger partial charge in [0.25, 0.3) is 0 Å². The normalized spacial score (nSPS) is 13.4. The van der Waals surface area contributed by atoms with Gasteiger partial charge in [0.2, 0.25) is 5.91 Å². The molecule has 23 heavy (non-hydrogen) atoms. The molecule has 0 bridgehead atoms. The Kier molecular flexibility index (Phi) is 5.82. The summed E-state index contributed by atoms with van der Waals surface area (Å²) < 4.78 is 26.7. The van der Waals surface area contributed by atoms with Gasteiger partial charge >= 0.3 is 0 Å². The summed E-state index contributed by atoms with van der Waals surface area (Å²) in [5.74, 6) is -2.01. The van der Waals surface area contributed by atoms with Gasteiger partial charge in [0.15, 0.2) is 0 Å². The fourth-order valence-corrected chi connectivity index (χ4v) is 2.46. The Bertz CT molecular complexity index is 661. The summed E-state index contributed by atoms with van der Waals surface area (Å²) in [5.41, 5.74) is 1.09. The molecular weight excluding hydrogens is 300 g/mol. The van der Waals surface area contributed by atoms with E-state index in [-0.39, 0.29) is 18.9 Å². The molecule has 0 radical (unpaired) electrons. The fourth-order valence-electron chi connectivity index (χ4n) is 2.46. The molecule has 2 aromatic rings. The number of hydrogen-bond acceptors (Lipinski definition) is 2. The number of halogens is 2. The van der Waals surface area contributed by atoms with Gasteiger partial charge in [0.05, 0.1) is 12.6 Å². The largest absolute Gasteiger partial charge is 0.394 e. The lowest BCUT2D eigenvalue weighted by Gasteiger charge is -2.19. The molecule has 0 fully saturated rings. The van der Waals surface area contributed by atoms with Crippen LogP contribution in [0.25, 0.3) is 0 Å². The number of carbonyl (C=O) groups excluding carboxylic acids is 1. The van der Waals surface area contributed by atoms with Crippen molar-refractivity contribution in [2.45, 2.75) is 25.3 Å². The Morgan fingerprint density at radius 1 is 1.17 bits per heavy atom. The van der Waals surface area contributed by atoms with Gasteiger partial charge < -0.3 is 10.4 Å². The van der Waals surface area contributed by atoms with E-state index in [2.05, 4.69) is 5.32 Å². The number of nitrogens with one attached hydrogen (secondary N) is 1. The molecule has 0 aromatic heterocycles. The fraction of sp³-hybridized carbons (Fsp3) is 0.278. The number of benzene rings is 2. The number of carbonyl (C=O) groups is 1. The second-order valence-corrected chi connectivity index (χ2v) is 5.48. The Morgan fingerprint density at radius 2 is 1.87 bits per heavy atom. The third kappa shape index (κ3) is 4.60. The predicted octanol–water partition coefficient (Wildman–Crippen LogP) is 3.31. The summed E-state index contributed by atoms with van der Waals surface area (Å²) in [6.07, 6.45) is 0.0475. The van der Waals surface area contributed by atoms with Crippen LogP contribution in [0.2, 0.25) is 0 Å². The molecule has 0 spiro atoms. The van der Waals surface area contributed by atoms with E-state index in [0.29, 0.717) is 5.56 Å². The highest BCUT2D eigenvalue weighted by Crippen LogP contribution is 2.23. The monoisotopic (exact) mass is 319 g/mol. The van der Waals surface area contributed by atoms with Crippen molar-refractivity contribution in [1.82, 2.24) is 5.32 Å². The van der Waals surface area contributed by atoms with E-state index in [1.54, 1.807) is 6.92 Å². The highest BCUT2D eigenvalue weighted by atomic mass is 19.1. The van der Waals surface area contributed by atoms with Crippen molar-refractivity contribution in [2.75, 3.05) is 6.61 Å². The van der Waals surface area contributed by atoms with Gasteiger partial charge in [-0.05, 0) is 23.1 Å². The Balaban J connectivity index is 2.00. The zero-order chi connectivity index (χ0) is 16.8. The highest BCUT2D eigenvalue weighted by molar-refractivity contribution is 5.77. The molecule has 2 N–H and O–H groups in total. The summed E-state index contributed by atoms with van der Waals surface area (Å²) in [6.45, 7) is 1.47. The van der Waals surface area contributed by atoms with E-state index in [4.69, 9.17) is 0 Å². The van der Waals surface area contributed by atoms with Gasteiger partial charge in [0, 0.05) is 12.5 Å². The first-order valence-corrected chi connectivity index (χ1v) is 7.41. The first-order valence-electron chi connectivity index (χ1n) is 7.41. The summed E-state index contributed by atoms with van der Waals surface area (Å²) in [7, 11) is 0. The van der Waals surface area contributed by atoms with Gasteiger partial charge in [-0.3, -0.25) is 4.79 Å². The van der Waals surface area contributed by atoms with E-state index in [1.165, 1.54) is 12.1 Å². The molecule has 0 aliphatic rings. The van der Waals surface area contributed by atoms with E-state index in [0.717, 1.165) is 11.6 Å². The topological polar surface area (TPSA) is 49.3 Å². The van der Waals surface area contributed by atoms with Crippen molar-refractivity contribution >= 4 is 5.91 Å². The molecule has 5 heteroatoms. The summed E-state index contributed by atoms with van der Waals surface area (Å²) in [6, 6.07) is 11.9. The van der Waals surface area contributed by atoms with Crippen molar-refractivity contribution in [3.8, 4) is 0 Å². The second-order valence-electron chi connectivity index (χ2n) is 5.48. The lowest BCUT2D eigenvalue weighted by molar-refractivity contribution is -0.122. The van der Waals surface area contributed by atoms with Crippen molar-refractivity contribution in [1.29, 1.82) is 0 Å². The molecule has 2 unspecified atom stereocenters. The van der Waals surface area contributed by atoms with Crippen LogP contribution >= 0.6 is 0 Å². The molecular formula is C18H19F2NO2. The van der Waals surface area contributed by atoms with Crippen molar-refractivity contribution in [3.05, 3.63) is 71.3 Å². The molecule has 2 atom stereocenters. The van der Waals surface area contributed by atoms with Crippen LogP contribution in [0.3, 0.4) is 0 Å². The Morgan fingerprint density at radius 3 is 2.48 bits per heavy atom. The Hall–Kier alpha value is -2.27. The third-order valence-electron chi connectivity index (χ3n) is 3.70.